The molecule has 0 aromatic heterocycles. The summed E-state index contributed by atoms with van der Waals surface area (Å²) in [5, 5.41) is 3.28. The minimum atomic E-state index is -0.213. The van der Waals surface area contributed by atoms with E-state index in [0.717, 1.165) is 29.0 Å². The second-order valence-corrected chi connectivity index (χ2v) is 4.94. The highest BCUT2D eigenvalue weighted by atomic mass is 79.9. The van der Waals surface area contributed by atoms with Crippen molar-refractivity contribution < 1.29 is 4.39 Å². The predicted octanol–water partition coefficient (Wildman–Crippen LogP) is 4.44. The summed E-state index contributed by atoms with van der Waals surface area (Å²) in [6.07, 6.45) is 2.35. The van der Waals surface area contributed by atoms with Gasteiger partial charge in [0, 0.05) is 16.7 Å². The normalized spacial score (nSPS) is 10.7. The van der Waals surface area contributed by atoms with Crippen LogP contribution in [0.4, 0.5) is 10.1 Å². The molecule has 0 heterocycles. The number of rotatable bonds is 5. The van der Waals surface area contributed by atoms with Gasteiger partial charge in [-0.3, -0.25) is 0 Å². The van der Waals surface area contributed by atoms with Crippen molar-refractivity contribution in [3.05, 3.63) is 28.5 Å². The van der Waals surface area contributed by atoms with Gasteiger partial charge in [-0.15, -0.1) is 0 Å². The van der Waals surface area contributed by atoms with Gasteiger partial charge in [0.1, 0.15) is 5.82 Å². The van der Waals surface area contributed by atoms with Gasteiger partial charge in [0.05, 0.1) is 0 Å². The summed E-state index contributed by atoms with van der Waals surface area (Å²) in [7, 11) is 0. The van der Waals surface area contributed by atoms with E-state index in [4.69, 9.17) is 0 Å². The van der Waals surface area contributed by atoms with Gasteiger partial charge in [0.2, 0.25) is 0 Å². The molecule has 1 aromatic carbocycles. The molecule has 1 nitrogen and oxygen atoms in total. The first kappa shape index (κ1) is 12.5. The Labute approximate surface area is 99.2 Å². The van der Waals surface area contributed by atoms with Crippen molar-refractivity contribution >= 4 is 21.6 Å². The zero-order chi connectivity index (χ0) is 11.3. The maximum Gasteiger partial charge on any atom is 0.124 e. The maximum absolute atomic E-state index is 12.8. The van der Waals surface area contributed by atoms with Crippen molar-refractivity contribution in [2.24, 2.45) is 5.92 Å². The van der Waals surface area contributed by atoms with E-state index in [0.29, 0.717) is 0 Å². The maximum atomic E-state index is 12.8. The lowest BCUT2D eigenvalue weighted by Gasteiger charge is -2.09. The first-order valence-electron chi connectivity index (χ1n) is 5.28. The lowest BCUT2D eigenvalue weighted by molar-refractivity contribution is 0.567. The van der Waals surface area contributed by atoms with E-state index < -0.39 is 0 Å². The van der Waals surface area contributed by atoms with Crippen molar-refractivity contribution in [1.29, 1.82) is 0 Å². The molecule has 15 heavy (non-hydrogen) atoms. The number of hydrogen-bond acceptors (Lipinski definition) is 1. The monoisotopic (exact) mass is 273 g/mol. The Balaban J connectivity index is 2.37. The van der Waals surface area contributed by atoms with Crippen LogP contribution in [0.5, 0.6) is 0 Å². The predicted molar refractivity (Wildman–Crippen MR) is 66.7 cm³/mol. The smallest absolute Gasteiger partial charge is 0.124 e. The molecule has 0 unspecified atom stereocenters. The van der Waals surface area contributed by atoms with Crippen LogP contribution in [0.3, 0.4) is 0 Å². The van der Waals surface area contributed by atoms with E-state index in [1.165, 1.54) is 18.6 Å². The molecule has 0 aliphatic carbocycles. The third kappa shape index (κ3) is 4.65. The van der Waals surface area contributed by atoms with Crippen LogP contribution in [0.1, 0.15) is 26.7 Å². The molecule has 0 radical (unpaired) electrons. The number of nitrogens with one attached hydrogen (secondary N) is 1. The molecular formula is C12H17BrFN. The van der Waals surface area contributed by atoms with Crippen LogP contribution in [0.2, 0.25) is 0 Å². The van der Waals surface area contributed by atoms with E-state index in [1.54, 1.807) is 6.07 Å². The second-order valence-electron chi connectivity index (χ2n) is 4.09. The summed E-state index contributed by atoms with van der Waals surface area (Å²) in [5.41, 5.74) is 0.958. The molecule has 0 aliphatic rings. The summed E-state index contributed by atoms with van der Waals surface area (Å²) in [6.45, 7) is 5.37. The van der Waals surface area contributed by atoms with E-state index in [2.05, 4.69) is 35.1 Å². The molecule has 0 spiro atoms. The van der Waals surface area contributed by atoms with Gasteiger partial charge in [0.25, 0.3) is 0 Å². The Bertz CT molecular complexity index is 312. The second kappa shape index (κ2) is 6.11. The largest absolute Gasteiger partial charge is 0.384 e. The van der Waals surface area contributed by atoms with E-state index >= 15 is 0 Å². The Morgan fingerprint density at radius 2 is 2.13 bits per heavy atom. The van der Waals surface area contributed by atoms with Crippen molar-refractivity contribution in [2.45, 2.75) is 26.7 Å². The fraction of sp³-hybridized carbons (Fsp3) is 0.500. The molecule has 1 rings (SSSR count). The Morgan fingerprint density at radius 3 is 2.73 bits per heavy atom. The molecule has 0 amide bonds. The summed E-state index contributed by atoms with van der Waals surface area (Å²) in [4.78, 5) is 0. The van der Waals surface area contributed by atoms with Gasteiger partial charge in [0.15, 0.2) is 0 Å². The van der Waals surface area contributed by atoms with Crippen LogP contribution in [-0.2, 0) is 0 Å². The average Bonchev–Trinajstić information content (AvgIpc) is 2.14. The highest BCUT2D eigenvalue weighted by molar-refractivity contribution is 9.10. The molecular weight excluding hydrogens is 257 g/mol. The number of hydrogen-bond donors (Lipinski definition) is 1. The molecule has 0 aliphatic heterocycles. The quantitative estimate of drug-likeness (QED) is 0.783. The van der Waals surface area contributed by atoms with Crippen molar-refractivity contribution in [2.75, 3.05) is 11.9 Å². The van der Waals surface area contributed by atoms with Crippen LogP contribution >= 0.6 is 15.9 Å². The van der Waals surface area contributed by atoms with Crippen LogP contribution in [0, 0.1) is 11.7 Å². The number of anilines is 1. The van der Waals surface area contributed by atoms with E-state index in [-0.39, 0.29) is 5.82 Å². The molecule has 84 valence electrons. The Morgan fingerprint density at radius 1 is 1.40 bits per heavy atom. The van der Waals surface area contributed by atoms with Gasteiger partial charge in [-0.05, 0) is 52.9 Å². The van der Waals surface area contributed by atoms with Crippen LogP contribution in [-0.4, -0.2) is 6.54 Å². The molecule has 1 N–H and O–H groups in total. The Kier molecular flexibility index (Phi) is 5.09. The van der Waals surface area contributed by atoms with Crippen molar-refractivity contribution in [1.82, 2.24) is 0 Å². The first-order valence-corrected chi connectivity index (χ1v) is 6.08. The standard InChI is InChI=1S/C12H17BrFN/c1-9(2)4-3-7-15-12-6-5-10(14)8-11(12)13/h5-6,8-9,15H,3-4,7H2,1-2H3. The van der Waals surface area contributed by atoms with Gasteiger partial charge < -0.3 is 5.32 Å². The third-order valence-electron chi connectivity index (χ3n) is 2.20. The minimum absolute atomic E-state index is 0.213. The summed E-state index contributed by atoms with van der Waals surface area (Å²) in [5.74, 6) is 0.526. The molecule has 0 fully saturated rings. The average molecular weight is 274 g/mol. The summed E-state index contributed by atoms with van der Waals surface area (Å²) < 4.78 is 13.6. The zero-order valence-electron chi connectivity index (χ0n) is 9.19. The molecule has 0 saturated heterocycles. The van der Waals surface area contributed by atoms with E-state index in [9.17, 15) is 4.39 Å². The molecule has 0 atom stereocenters. The fourth-order valence-electron chi connectivity index (χ4n) is 1.37. The highest BCUT2D eigenvalue weighted by Crippen LogP contribution is 2.23. The van der Waals surface area contributed by atoms with Crippen LogP contribution < -0.4 is 5.32 Å². The SMILES string of the molecule is CC(C)CCCNc1ccc(F)cc1Br. The first-order chi connectivity index (χ1) is 7.09. The van der Waals surface area contributed by atoms with Crippen molar-refractivity contribution in [3.8, 4) is 0 Å². The lowest BCUT2D eigenvalue weighted by Crippen LogP contribution is -2.03. The van der Waals surface area contributed by atoms with Crippen LogP contribution in [0.15, 0.2) is 22.7 Å². The zero-order valence-corrected chi connectivity index (χ0v) is 10.8. The number of halogens is 2. The Hall–Kier alpha value is -0.570. The summed E-state index contributed by atoms with van der Waals surface area (Å²) >= 11 is 3.33. The molecule has 0 bridgehead atoms. The van der Waals surface area contributed by atoms with Crippen LogP contribution in [0.25, 0.3) is 0 Å². The molecule has 3 heteroatoms. The van der Waals surface area contributed by atoms with E-state index in [1.807, 2.05) is 0 Å². The topological polar surface area (TPSA) is 12.0 Å². The highest BCUT2D eigenvalue weighted by Gasteiger charge is 2.00. The van der Waals surface area contributed by atoms with Crippen molar-refractivity contribution in [3.63, 3.8) is 0 Å². The van der Waals surface area contributed by atoms with Gasteiger partial charge in [-0.1, -0.05) is 13.8 Å². The van der Waals surface area contributed by atoms with Gasteiger partial charge in [-0.2, -0.15) is 0 Å². The fourth-order valence-corrected chi connectivity index (χ4v) is 1.86. The van der Waals surface area contributed by atoms with Gasteiger partial charge in [-0.25, -0.2) is 4.39 Å². The lowest BCUT2D eigenvalue weighted by atomic mass is 10.1. The third-order valence-corrected chi connectivity index (χ3v) is 2.86. The molecule has 0 saturated carbocycles. The number of benzene rings is 1. The minimum Gasteiger partial charge on any atom is -0.384 e. The van der Waals surface area contributed by atoms with Gasteiger partial charge >= 0.3 is 0 Å². The summed E-state index contributed by atoms with van der Waals surface area (Å²) in [6, 6.07) is 4.70. The molecule has 1 aromatic rings.